The first kappa shape index (κ1) is 24.5. The third-order valence-corrected chi connectivity index (χ3v) is 7.40. The Kier molecular flexibility index (Phi) is 5.91. The van der Waals surface area contributed by atoms with Crippen LogP contribution in [0.1, 0.15) is 31.7 Å². The highest BCUT2D eigenvalue weighted by molar-refractivity contribution is 9.10. The van der Waals surface area contributed by atoms with E-state index in [9.17, 15) is 18.8 Å². The number of benzene rings is 2. The van der Waals surface area contributed by atoms with Gasteiger partial charge in [-0.2, -0.15) is 0 Å². The topological polar surface area (TPSA) is 102 Å². The lowest BCUT2D eigenvalue weighted by molar-refractivity contribution is -0.140. The normalized spacial score (nSPS) is 21.1. The maximum absolute atomic E-state index is 15.2. The molecular formula is C25H19BrClF2N3O4. The van der Waals surface area contributed by atoms with Crippen LogP contribution in [0.15, 0.2) is 57.5 Å². The molecule has 3 N–H and O–H groups in total. The molecule has 7 nitrogen and oxygen atoms in total. The fourth-order valence-electron chi connectivity index (χ4n) is 5.29. The highest BCUT2D eigenvalue weighted by Crippen LogP contribution is 2.56. The van der Waals surface area contributed by atoms with Gasteiger partial charge in [0.15, 0.2) is 11.6 Å². The number of carbonyl (C=O) groups is 3. The zero-order chi connectivity index (χ0) is 25.9. The second-order valence-electron chi connectivity index (χ2n) is 8.53. The smallest absolute Gasteiger partial charge is 0.339 e. The molecule has 186 valence electrons. The molecule has 3 aliphatic rings. The Bertz CT molecular complexity index is 1420. The molecule has 0 saturated heterocycles. The summed E-state index contributed by atoms with van der Waals surface area (Å²) in [4.78, 5) is 42.1. The molecule has 0 saturated carbocycles. The van der Waals surface area contributed by atoms with Crippen molar-refractivity contribution in [1.29, 1.82) is 0 Å². The van der Waals surface area contributed by atoms with E-state index in [-0.39, 0.29) is 62.9 Å². The van der Waals surface area contributed by atoms with E-state index < -0.39 is 34.7 Å². The lowest BCUT2D eigenvalue weighted by Gasteiger charge is -2.44. The van der Waals surface area contributed by atoms with Crippen LogP contribution in [0.25, 0.3) is 0 Å². The average molecular weight is 579 g/mol. The van der Waals surface area contributed by atoms with E-state index in [2.05, 4.69) is 21.2 Å². The summed E-state index contributed by atoms with van der Waals surface area (Å²) >= 11 is 9.47. The zero-order valence-electron chi connectivity index (χ0n) is 18.9. The number of carbonyl (C=O) groups excluding carboxylic acids is 3. The van der Waals surface area contributed by atoms with Crippen molar-refractivity contribution in [1.82, 2.24) is 0 Å². The van der Waals surface area contributed by atoms with Crippen LogP contribution in [0.4, 0.5) is 20.2 Å². The molecule has 0 fully saturated rings. The van der Waals surface area contributed by atoms with Crippen molar-refractivity contribution in [2.45, 2.75) is 31.6 Å². The number of esters is 1. The summed E-state index contributed by atoms with van der Waals surface area (Å²) in [6, 6.07) is 6.35. The van der Waals surface area contributed by atoms with Gasteiger partial charge in [-0.15, -0.1) is 0 Å². The van der Waals surface area contributed by atoms with Gasteiger partial charge in [-0.25, -0.2) is 13.6 Å². The number of rotatable bonds is 3. The third-order valence-electron chi connectivity index (χ3n) is 6.56. The number of nitrogens with two attached hydrogens (primary N) is 1. The van der Waals surface area contributed by atoms with Gasteiger partial charge in [0.25, 0.3) is 0 Å². The number of ketones is 1. The average Bonchev–Trinajstić information content (AvgIpc) is 3.07. The molecule has 0 radical (unpaired) electrons. The lowest BCUT2D eigenvalue weighted by Crippen LogP contribution is -2.53. The van der Waals surface area contributed by atoms with Crippen LogP contribution < -0.4 is 16.0 Å². The van der Waals surface area contributed by atoms with Crippen molar-refractivity contribution in [3.8, 4) is 0 Å². The van der Waals surface area contributed by atoms with Crippen LogP contribution >= 0.6 is 27.5 Å². The van der Waals surface area contributed by atoms with Gasteiger partial charge in [0, 0.05) is 44.5 Å². The number of hydrogen-bond acceptors (Lipinski definition) is 6. The molecule has 5 rings (SSSR count). The second-order valence-corrected chi connectivity index (χ2v) is 9.82. The Morgan fingerprint density at radius 1 is 1.25 bits per heavy atom. The zero-order valence-corrected chi connectivity index (χ0v) is 21.2. The van der Waals surface area contributed by atoms with Gasteiger partial charge in [0.05, 0.1) is 12.3 Å². The number of Topliss-reactive ketones (excluding diaryl/α,β-unsaturated/α-hetero) is 1. The van der Waals surface area contributed by atoms with Crippen molar-refractivity contribution in [3.05, 3.63) is 79.7 Å². The van der Waals surface area contributed by atoms with Gasteiger partial charge in [-0.1, -0.05) is 11.6 Å². The van der Waals surface area contributed by atoms with E-state index in [1.54, 1.807) is 19.1 Å². The Balaban J connectivity index is 1.94. The number of allylic oxidation sites excluding steroid dienone is 1. The number of hydrogen-bond donors (Lipinski definition) is 2. The van der Waals surface area contributed by atoms with E-state index in [0.29, 0.717) is 18.2 Å². The first-order valence-electron chi connectivity index (χ1n) is 11.1. The van der Waals surface area contributed by atoms with Crippen LogP contribution in [-0.2, 0) is 24.5 Å². The molecule has 2 heterocycles. The van der Waals surface area contributed by atoms with Crippen molar-refractivity contribution >= 4 is 56.6 Å². The maximum atomic E-state index is 15.2. The number of nitrogens with zero attached hydrogens (tertiary/aromatic N) is 1. The highest BCUT2D eigenvalue weighted by atomic mass is 79.9. The molecule has 1 amide bonds. The standard InChI is InChI=1S/C25H19BrClF2N3O4/c1-2-36-23(34)20-22(30)32(21-14(26)9-12(28)10-15(21)29)17-4-3-5-18(33)19(17)25(20)13-8-11(27)6-7-16(13)31-24(25)35/h6-10H,2-5,30H2,1H3,(H,31,35). The van der Waals surface area contributed by atoms with E-state index >= 15 is 4.39 Å². The predicted molar refractivity (Wildman–Crippen MR) is 132 cm³/mol. The maximum Gasteiger partial charge on any atom is 0.339 e. The van der Waals surface area contributed by atoms with Crippen molar-refractivity contribution in [2.75, 3.05) is 16.8 Å². The van der Waals surface area contributed by atoms with E-state index in [1.807, 2.05) is 0 Å². The molecule has 2 aromatic carbocycles. The first-order chi connectivity index (χ1) is 17.1. The van der Waals surface area contributed by atoms with Gasteiger partial charge in [0.1, 0.15) is 22.6 Å². The second kappa shape index (κ2) is 8.70. The van der Waals surface area contributed by atoms with Crippen LogP contribution in [0.5, 0.6) is 0 Å². The van der Waals surface area contributed by atoms with Gasteiger partial charge in [-0.3, -0.25) is 14.5 Å². The Hall–Kier alpha value is -3.24. The van der Waals surface area contributed by atoms with Crippen molar-refractivity contribution in [2.24, 2.45) is 5.73 Å². The molecule has 1 atom stereocenters. The van der Waals surface area contributed by atoms with Crippen molar-refractivity contribution in [3.63, 3.8) is 0 Å². The molecule has 2 aliphatic heterocycles. The molecule has 2 aromatic rings. The van der Waals surface area contributed by atoms with E-state index in [4.69, 9.17) is 22.1 Å². The minimum Gasteiger partial charge on any atom is -0.462 e. The summed E-state index contributed by atoms with van der Waals surface area (Å²) in [7, 11) is 0. The predicted octanol–water partition coefficient (Wildman–Crippen LogP) is 4.83. The quantitative estimate of drug-likeness (QED) is 0.506. The Labute approximate surface area is 218 Å². The Morgan fingerprint density at radius 2 is 2.00 bits per heavy atom. The number of halogens is 4. The summed E-state index contributed by atoms with van der Waals surface area (Å²) in [5.41, 5.74) is 4.95. The molecule has 1 unspecified atom stereocenters. The molecule has 0 aromatic heterocycles. The van der Waals surface area contributed by atoms with Gasteiger partial charge >= 0.3 is 5.97 Å². The Morgan fingerprint density at radius 3 is 2.69 bits per heavy atom. The van der Waals surface area contributed by atoms with Crippen LogP contribution in [-0.4, -0.2) is 24.3 Å². The van der Waals surface area contributed by atoms with Crippen LogP contribution in [0.2, 0.25) is 5.02 Å². The summed E-state index contributed by atoms with van der Waals surface area (Å²) < 4.78 is 34.5. The molecule has 36 heavy (non-hydrogen) atoms. The van der Waals surface area contributed by atoms with Gasteiger partial charge in [-0.05, 0) is 60.0 Å². The number of amides is 1. The fraction of sp³-hybridized carbons (Fsp3) is 0.240. The number of fused-ring (bicyclic) bond motifs is 3. The lowest BCUT2D eigenvalue weighted by atomic mass is 9.63. The third kappa shape index (κ3) is 3.31. The SMILES string of the molecule is CCOC(=O)C1=C(N)N(c2c(F)cc(F)cc2Br)C2=C(C(=O)CCC2)C12C(=O)Nc1ccc(Cl)cc12. The number of nitrogens with one attached hydrogen (secondary N) is 1. The minimum absolute atomic E-state index is 0.00583. The van der Waals surface area contributed by atoms with Crippen LogP contribution in [0, 0.1) is 11.6 Å². The molecule has 1 aliphatic carbocycles. The molecule has 1 spiro atoms. The monoisotopic (exact) mass is 577 g/mol. The first-order valence-corrected chi connectivity index (χ1v) is 12.3. The van der Waals surface area contributed by atoms with Crippen LogP contribution in [0.3, 0.4) is 0 Å². The summed E-state index contributed by atoms with van der Waals surface area (Å²) in [5.74, 6) is -4.16. The minimum atomic E-state index is -1.96. The highest BCUT2D eigenvalue weighted by Gasteiger charge is 2.62. The van der Waals surface area contributed by atoms with Gasteiger partial charge in [0.2, 0.25) is 5.91 Å². The van der Waals surface area contributed by atoms with E-state index in [0.717, 1.165) is 6.07 Å². The molecule has 0 bridgehead atoms. The summed E-state index contributed by atoms with van der Waals surface area (Å²) in [6.07, 6.45) is 0.740. The summed E-state index contributed by atoms with van der Waals surface area (Å²) in [5, 5.41) is 3.01. The summed E-state index contributed by atoms with van der Waals surface area (Å²) in [6.45, 7) is 1.53. The largest absolute Gasteiger partial charge is 0.462 e. The van der Waals surface area contributed by atoms with Crippen molar-refractivity contribution < 1.29 is 27.9 Å². The van der Waals surface area contributed by atoms with Gasteiger partial charge < -0.3 is 15.8 Å². The number of anilines is 2. The fourth-order valence-corrected chi connectivity index (χ4v) is 6.04. The molecular weight excluding hydrogens is 560 g/mol. The van der Waals surface area contributed by atoms with E-state index in [1.165, 1.54) is 11.0 Å². The molecule has 11 heteroatoms. The number of ether oxygens (including phenoxy) is 1.